The van der Waals surface area contributed by atoms with E-state index in [0.29, 0.717) is 12.2 Å². The maximum atomic E-state index is 9.93. The summed E-state index contributed by atoms with van der Waals surface area (Å²) in [6, 6.07) is 11.9. The molecule has 2 aromatic rings. The molecular formula is C20H22Br2O4. The van der Waals surface area contributed by atoms with Crippen molar-refractivity contribution in [3.05, 3.63) is 62.0 Å². The van der Waals surface area contributed by atoms with Crippen LogP contribution in [0.3, 0.4) is 0 Å². The summed E-state index contributed by atoms with van der Waals surface area (Å²) < 4.78 is 6.78. The lowest BCUT2D eigenvalue weighted by Gasteiger charge is -2.19. The van der Waals surface area contributed by atoms with Gasteiger partial charge in [0.05, 0.1) is 0 Å². The second-order valence-electron chi connectivity index (χ2n) is 6.42. The van der Waals surface area contributed by atoms with Crippen molar-refractivity contribution in [1.82, 2.24) is 0 Å². The Bertz CT molecular complexity index is 759. The zero-order valence-electron chi connectivity index (χ0n) is 15.4. The summed E-state index contributed by atoms with van der Waals surface area (Å²) >= 11 is 6.86. The third kappa shape index (κ3) is 9.09. The molecule has 6 heteroatoms. The average Bonchev–Trinajstić information content (AvgIpc) is 2.54. The van der Waals surface area contributed by atoms with E-state index >= 15 is 0 Å². The van der Waals surface area contributed by atoms with E-state index in [1.54, 1.807) is 12.1 Å². The van der Waals surface area contributed by atoms with Gasteiger partial charge >= 0.3 is 6.15 Å². The molecule has 140 valence electrons. The van der Waals surface area contributed by atoms with E-state index < -0.39 is 0 Å². The molecule has 0 saturated heterocycles. The van der Waals surface area contributed by atoms with Gasteiger partial charge in [-0.2, -0.15) is 9.59 Å². The van der Waals surface area contributed by atoms with Crippen molar-refractivity contribution < 1.29 is 19.1 Å². The second kappa shape index (κ2) is 11.8. The standard InChI is InChI=1S/C11H15Br.C8H7BrO2.CO2/c1-8-5-6-9(7-10(8)12)11(2,3)4;1-6-2-3-7(11-5-10)4-8(6)9;2-1-3/h5-7H,1-4H3;2-5H,1H3;. The zero-order chi connectivity index (χ0) is 20.3. The maximum Gasteiger partial charge on any atom is 0.373 e. The molecule has 0 fully saturated rings. The van der Waals surface area contributed by atoms with Gasteiger partial charge in [-0.1, -0.05) is 70.8 Å². The van der Waals surface area contributed by atoms with Crippen LogP contribution in [-0.4, -0.2) is 12.6 Å². The van der Waals surface area contributed by atoms with E-state index in [9.17, 15) is 4.79 Å². The average molecular weight is 486 g/mol. The molecule has 0 unspecified atom stereocenters. The lowest BCUT2D eigenvalue weighted by molar-refractivity contribution is -0.191. The molecule has 0 radical (unpaired) electrons. The quantitative estimate of drug-likeness (QED) is 0.507. The first-order valence-corrected chi connectivity index (χ1v) is 9.27. The summed E-state index contributed by atoms with van der Waals surface area (Å²) in [5, 5.41) is 0. The molecule has 0 aliphatic heterocycles. The summed E-state index contributed by atoms with van der Waals surface area (Å²) in [4.78, 5) is 26.2. The van der Waals surface area contributed by atoms with Crippen molar-refractivity contribution in [1.29, 1.82) is 0 Å². The number of aryl methyl sites for hydroxylation is 2. The normalized spacial score (nSPS) is 9.65. The third-order valence-electron chi connectivity index (χ3n) is 3.37. The van der Waals surface area contributed by atoms with Gasteiger partial charge in [-0.15, -0.1) is 0 Å². The lowest BCUT2D eigenvalue weighted by Crippen LogP contribution is -2.10. The van der Waals surface area contributed by atoms with Crippen LogP contribution in [0.1, 0.15) is 37.5 Å². The van der Waals surface area contributed by atoms with Crippen LogP contribution in [0.2, 0.25) is 0 Å². The van der Waals surface area contributed by atoms with E-state index in [-0.39, 0.29) is 11.6 Å². The predicted octanol–water partition coefficient (Wildman–Crippen LogP) is 5.76. The van der Waals surface area contributed by atoms with Crippen molar-refractivity contribution in [2.45, 2.75) is 40.0 Å². The van der Waals surface area contributed by atoms with Crippen LogP contribution in [0, 0.1) is 13.8 Å². The molecule has 0 saturated carbocycles. The second-order valence-corrected chi connectivity index (χ2v) is 8.13. The first kappa shape index (κ1) is 24.2. The van der Waals surface area contributed by atoms with Crippen molar-refractivity contribution in [3.63, 3.8) is 0 Å². The van der Waals surface area contributed by atoms with Gasteiger partial charge in [-0.3, -0.25) is 4.79 Å². The lowest BCUT2D eigenvalue weighted by atomic mass is 9.87. The Kier molecular flexibility index (Phi) is 11.0. The molecule has 2 rings (SSSR count). The fraction of sp³-hybridized carbons (Fsp3) is 0.300. The van der Waals surface area contributed by atoms with Gasteiger partial charge in [0.25, 0.3) is 6.47 Å². The number of carbonyl (C=O) groups excluding carboxylic acids is 3. The van der Waals surface area contributed by atoms with E-state index in [4.69, 9.17) is 9.59 Å². The Morgan fingerprint density at radius 2 is 1.38 bits per heavy atom. The Hall–Kier alpha value is -1.75. The number of benzene rings is 2. The number of halogens is 2. The number of carbonyl (C=O) groups is 1. The molecule has 2 aromatic carbocycles. The summed E-state index contributed by atoms with van der Waals surface area (Å²) in [6.07, 6.45) is 0.250. The predicted molar refractivity (Wildman–Crippen MR) is 108 cm³/mol. The SMILES string of the molecule is Cc1ccc(C(C)(C)C)cc1Br.Cc1ccc(OC=O)cc1Br.O=C=O. The largest absolute Gasteiger partial charge is 0.429 e. The molecule has 0 spiro atoms. The van der Waals surface area contributed by atoms with E-state index in [0.717, 1.165) is 10.0 Å². The van der Waals surface area contributed by atoms with Crippen LogP contribution >= 0.6 is 31.9 Å². The van der Waals surface area contributed by atoms with Crippen LogP contribution in [0.5, 0.6) is 5.75 Å². The van der Waals surface area contributed by atoms with Crippen molar-refractivity contribution in [3.8, 4) is 5.75 Å². The van der Waals surface area contributed by atoms with E-state index in [1.807, 2.05) is 13.0 Å². The Morgan fingerprint density at radius 3 is 1.77 bits per heavy atom. The highest BCUT2D eigenvalue weighted by Gasteiger charge is 2.13. The van der Waals surface area contributed by atoms with Gasteiger partial charge in [-0.05, 0) is 54.2 Å². The molecule has 0 atom stereocenters. The smallest absolute Gasteiger partial charge is 0.373 e. The van der Waals surface area contributed by atoms with Gasteiger partial charge in [-0.25, -0.2) is 0 Å². The van der Waals surface area contributed by atoms with Crippen molar-refractivity contribution in [2.75, 3.05) is 0 Å². The summed E-state index contributed by atoms with van der Waals surface area (Å²) in [5.41, 5.74) is 4.03. The topological polar surface area (TPSA) is 60.4 Å². The van der Waals surface area contributed by atoms with Crippen LogP contribution in [0.25, 0.3) is 0 Å². The molecule has 0 aliphatic rings. The fourth-order valence-electron chi connectivity index (χ4n) is 1.76. The van der Waals surface area contributed by atoms with Gasteiger partial charge in [0, 0.05) is 8.95 Å². The van der Waals surface area contributed by atoms with Crippen molar-refractivity contribution in [2.24, 2.45) is 0 Å². The van der Waals surface area contributed by atoms with Crippen LogP contribution in [-0.2, 0) is 19.8 Å². The van der Waals surface area contributed by atoms with Gasteiger partial charge in [0.2, 0.25) is 0 Å². The molecule has 26 heavy (non-hydrogen) atoms. The minimum absolute atomic E-state index is 0.246. The molecule has 4 nitrogen and oxygen atoms in total. The summed E-state index contributed by atoms with van der Waals surface area (Å²) in [6.45, 7) is 11.2. The zero-order valence-corrected chi connectivity index (χ0v) is 18.6. The van der Waals surface area contributed by atoms with Crippen LogP contribution in [0.15, 0.2) is 45.3 Å². The number of hydrogen-bond donors (Lipinski definition) is 0. The van der Waals surface area contributed by atoms with E-state index in [1.165, 1.54) is 15.6 Å². The molecule has 0 bridgehead atoms. The number of hydrogen-bond acceptors (Lipinski definition) is 4. The van der Waals surface area contributed by atoms with Crippen molar-refractivity contribution >= 4 is 44.5 Å². The molecule has 0 amide bonds. The molecule has 0 N–H and O–H groups in total. The summed E-state index contributed by atoms with van der Waals surface area (Å²) in [7, 11) is 0. The highest BCUT2D eigenvalue weighted by Crippen LogP contribution is 2.26. The fourth-order valence-corrected chi connectivity index (χ4v) is 2.50. The third-order valence-corrected chi connectivity index (χ3v) is 5.07. The first-order valence-electron chi connectivity index (χ1n) is 7.69. The number of ether oxygens (including phenoxy) is 1. The molecule has 0 heterocycles. The minimum atomic E-state index is 0.246. The van der Waals surface area contributed by atoms with E-state index in [2.05, 4.69) is 82.5 Å². The summed E-state index contributed by atoms with van der Waals surface area (Å²) in [5.74, 6) is 0.553. The molecule has 0 aliphatic carbocycles. The Balaban J connectivity index is 0.000000419. The molecular weight excluding hydrogens is 464 g/mol. The first-order chi connectivity index (χ1) is 12.1. The highest BCUT2D eigenvalue weighted by molar-refractivity contribution is 9.10. The minimum Gasteiger partial charge on any atom is -0.429 e. The molecule has 0 aromatic heterocycles. The monoisotopic (exact) mass is 484 g/mol. The number of rotatable bonds is 2. The Morgan fingerprint density at radius 1 is 0.923 bits per heavy atom. The van der Waals surface area contributed by atoms with Crippen LogP contribution < -0.4 is 4.74 Å². The maximum absolute atomic E-state index is 9.93. The van der Waals surface area contributed by atoms with Crippen LogP contribution in [0.4, 0.5) is 0 Å². The van der Waals surface area contributed by atoms with Gasteiger partial charge in [0.1, 0.15) is 5.75 Å². The van der Waals surface area contributed by atoms with Gasteiger partial charge < -0.3 is 4.74 Å². The van der Waals surface area contributed by atoms with Gasteiger partial charge in [0.15, 0.2) is 0 Å². The highest BCUT2D eigenvalue weighted by atomic mass is 79.9. The Labute approximate surface area is 171 Å².